The summed E-state index contributed by atoms with van der Waals surface area (Å²) >= 11 is 0. The van der Waals surface area contributed by atoms with Crippen LogP contribution in [0.25, 0.3) is 0 Å². The highest BCUT2D eigenvalue weighted by Crippen LogP contribution is 2.17. The minimum absolute atomic E-state index is 0.0155. The van der Waals surface area contributed by atoms with Crippen LogP contribution >= 0.6 is 0 Å². The van der Waals surface area contributed by atoms with E-state index in [0.717, 1.165) is 83.5 Å². The third kappa shape index (κ3) is 49.6. The lowest BCUT2D eigenvalue weighted by Gasteiger charge is -2.22. The summed E-state index contributed by atoms with van der Waals surface area (Å²) < 4.78 is 5.43. The zero-order chi connectivity index (χ0) is 45.8. The Balaban J connectivity index is 3.50. The lowest BCUT2D eigenvalue weighted by atomic mass is 10.0. The summed E-state index contributed by atoms with van der Waals surface area (Å²) in [6.07, 6.45) is 63.0. The molecule has 0 spiro atoms. The second kappa shape index (κ2) is 53.0. The maximum Gasteiger partial charge on any atom is 0.305 e. The molecule has 0 bridgehead atoms. The van der Waals surface area contributed by atoms with Gasteiger partial charge in [-0.05, 0) is 64.2 Å². The molecular weight excluding hydrogens is 779 g/mol. The second-order valence-electron chi connectivity index (χ2n) is 19.3. The van der Waals surface area contributed by atoms with Gasteiger partial charge in [0.2, 0.25) is 5.91 Å². The average molecular weight is 889 g/mol. The molecule has 0 aliphatic heterocycles. The zero-order valence-electron chi connectivity index (χ0n) is 42.3. The van der Waals surface area contributed by atoms with Crippen LogP contribution in [0.4, 0.5) is 0 Å². The van der Waals surface area contributed by atoms with Gasteiger partial charge in [0, 0.05) is 12.8 Å². The van der Waals surface area contributed by atoms with Crippen LogP contribution < -0.4 is 5.32 Å². The normalized spacial score (nSPS) is 12.8. The van der Waals surface area contributed by atoms with E-state index in [4.69, 9.17) is 4.74 Å². The number of unbranched alkanes of at least 4 members (excludes halogenated alkanes) is 37. The minimum Gasteiger partial charge on any atom is -0.466 e. The van der Waals surface area contributed by atoms with E-state index in [1.165, 1.54) is 186 Å². The summed E-state index contributed by atoms with van der Waals surface area (Å²) in [6, 6.07) is -0.553. The number of esters is 1. The highest BCUT2D eigenvalue weighted by Gasteiger charge is 2.20. The van der Waals surface area contributed by atoms with Crippen LogP contribution in [0.5, 0.6) is 0 Å². The Kier molecular flexibility index (Phi) is 51.6. The molecule has 0 aromatic rings. The van der Waals surface area contributed by atoms with Gasteiger partial charge in [-0.3, -0.25) is 9.59 Å². The summed E-state index contributed by atoms with van der Waals surface area (Å²) in [6.45, 7) is 4.91. The van der Waals surface area contributed by atoms with Gasteiger partial charge >= 0.3 is 5.97 Å². The molecule has 1 amide bonds. The first-order valence-electron chi connectivity index (χ1n) is 28.1. The Morgan fingerprint density at radius 1 is 0.444 bits per heavy atom. The summed E-state index contributed by atoms with van der Waals surface area (Å²) in [5.74, 6) is -0.0647. The van der Waals surface area contributed by atoms with E-state index in [-0.39, 0.29) is 18.5 Å². The van der Waals surface area contributed by atoms with Crippen molar-refractivity contribution in [3.8, 4) is 0 Å². The van der Waals surface area contributed by atoms with Crippen molar-refractivity contribution in [3.05, 3.63) is 24.3 Å². The molecule has 0 aromatic carbocycles. The lowest BCUT2D eigenvalue weighted by Crippen LogP contribution is -2.45. The number of aliphatic hydroxyl groups is 2. The quantitative estimate of drug-likeness (QED) is 0.0321. The largest absolute Gasteiger partial charge is 0.466 e. The Labute approximate surface area is 392 Å². The smallest absolute Gasteiger partial charge is 0.305 e. The topological polar surface area (TPSA) is 95.9 Å². The first-order chi connectivity index (χ1) is 31.0. The number of allylic oxidation sites excluding steroid dienone is 4. The number of carbonyl (C=O) groups is 2. The van der Waals surface area contributed by atoms with Crippen LogP contribution in [-0.4, -0.2) is 47.4 Å². The Bertz CT molecular complexity index is 982. The third-order valence-corrected chi connectivity index (χ3v) is 13.0. The predicted octanol–water partition coefficient (Wildman–Crippen LogP) is 17.1. The van der Waals surface area contributed by atoms with Gasteiger partial charge in [-0.2, -0.15) is 0 Å². The van der Waals surface area contributed by atoms with Gasteiger partial charge in [0.25, 0.3) is 0 Å². The van der Waals surface area contributed by atoms with Gasteiger partial charge in [-0.15, -0.1) is 0 Å². The highest BCUT2D eigenvalue weighted by molar-refractivity contribution is 5.76. The Morgan fingerprint density at radius 2 is 0.794 bits per heavy atom. The number of ether oxygens (including phenoxy) is 1. The van der Waals surface area contributed by atoms with Gasteiger partial charge in [0.1, 0.15) is 0 Å². The zero-order valence-corrected chi connectivity index (χ0v) is 42.3. The molecule has 0 saturated heterocycles. The van der Waals surface area contributed by atoms with Crippen LogP contribution in [0.3, 0.4) is 0 Å². The first kappa shape index (κ1) is 61.3. The van der Waals surface area contributed by atoms with Crippen molar-refractivity contribution < 1.29 is 24.5 Å². The van der Waals surface area contributed by atoms with Gasteiger partial charge in [-0.1, -0.05) is 250 Å². The van der Waals surface area contributed by atoms with Crippen molar-refractivity contribution in [2.75, 3.05) is 13.2 Å². The SMILES string of the molecule is CCCCCCCCCCCCCCCCCCCCC(O)C(CO)NC(=O)CCCCCCCCC/C=C\C/C=C\CCCCCOC(=O)CCCCCCCCCCCCC. The highest BCUT2D eigenvalue weighted by atomic mass is 16.5. The Hall–Kier alpha value is -1.66. The monoisotopic (exact) mass is 888 g/mol. The van der Waals surface area contributed by atoms with Crippen LogP contribution in [0, 0.1) is 0 Å². The summed E-state index contributed by atoms with van der Waals surface area (Å²) in [7, 11) is 0. The number of amides is 1. The lowest BCUT2D eigenvalue weighted by molar-refractivity contribution is -0.143. The molecule has 0 aliphatic carbocycles. The Morgan fingerprint density at radius 3 is 1.21 bits per heavy atom. The van der Waals surface area contributed by atoms with E-state index in [1.54, 1.807) is 0 Å². The maximum atomic E-state index is 12.5. The maximum absolute atomic E-state index is 12.5. The van der Waals surface area contributed by atoms with Crippen molar-refractivity contribution >= 4 is 11.9 Å². The van der Waals surface area contributed by atoms with Crippen molar-refractivity contribution in [1.29, 1.82) is 0 Å². The third-order valence-electron chi connectivity index (χ3n) is 13.0. The fourth-order valence-corrected chi connectivity index (χ4v) is 8.67. The van der Waals surface area contributed by atoms with Crippen molar-refractivity contribution in [3.63, 3.8) is 0 Å². The first-order valence-corrected chi connectivity index (χ1v) is 28.1. The second-order valence-corrected chi connectivity index (χ2v) is 19.3. The van der Waals surface area contributed by atoms with E-state index in [1.807, 2.05) is 0 Å². The fourth-order valence-electron chi connectivity index (χ4n) is 8.67. The van der Waals surface area contributed by atoms with E-state index in [2.05, 4.69) is 43.5 Å². The van der Waals surface area contributed by atoms with Gasteiger partial charge in [-0.25, -0.2) is 0 Å². The molecule has 6 nitrogen and oxygen atoms in total. The number of rotatable bonds is 52. The van der Waals surface area contributed by atoms with Gasteiger partial charge in [0.05, 0.1) is 25.4 Å². The molecule has 2 unspecified atom stereocenters. The molecule has 2 atom stereocenters. The summed E-state index contributed by atoms with van der Waals surface area (Å²) in [5.41, 5.74) is 0. The molecule has 0 saturated carbocycles. The molecule has 63 heavy (non-hydrogen) atoms. The molecule has 0 radical (unpaired) electrons. The van der Waals surface area contributed by atoms with Crippen LogP contribution in [0.15, 0.2) is 24.3 Å². The molecule has 372 valence electrons. The summed E-state index contributed by atoms with van der Waals surface area (Å²) in [5, 5.41) is 23.3. The molecule has 0 heterocycles. The molecular formula is C57H109NO5. The molecule has 0 fully saturated rings. The van der Waals surface area contributed by atoms with Crippen LogP contribution in [0.1, 0.15) is 303 Å². The van der Waals surface area contributed by atoms with E-state index < -0.39 is 12.1 Å². The molecule has 6 heteroatoms. The summed E-state index contributed by atoms with van der Waals surface area (Å²) in [4.78, 5) is 24.4. The molecule has 3 N–H and O–H groups in total. The molecule has 0 aromatic heterocycles. The average Bonchev–Trinajstić information content (AvgIpc) is 3.28. The van der Waals surface area contributed by atoms with E-state index in [9.17, 15) is 19.8 Å². The van der Waals surface area contributed by atoms with Crippen molar-refractivity contribution in [2.45, 2.75) is 315 Å². The van der Waals surface area contributed by atoms with Crippen LogP contribution in [-0.2, 0) is 14.3 Å². The number of hydrogen-bond donors (Lipinski definition) is 3. The fraction of sp³-hybridized carbons (Fsp3) is 0.895. The van der Waals surface area contributed by atoms with Gasteiger partial charge < -0.3 is 20.3 Å². The predicted molar refractivity (Wildman–Crippen MR) is 273 cm³/mol. The molecule has 0 aliphatic rings. The number of aliphatic hydroxyl groups excluding tert-OH is 2. The van der Waals surface area contributed by atoms with Crippen molar-refractivity contribution in [2.24, 2.45) is 0 Å². The standard InChI is InChI=1S/C57H109NO5/c1-3-5-7-9-11-13-15-16-17-18-20-23-26-30-33-37-41-45-49-55(60)54(53-59)58-56(61)50-46-42-38-34-31-27-24-21-19-22-25-28-32-36-40-44-48-52-63-57(62)51-47-43-39-35-29-14-12-10-8-6-4-2/h19,22,28,32,54-55,59-60H,3-18,20-21,23-27,29-31,33-53H2,1-2H3,(H,58,61)/b22-19-,32-28-. The number of carbonyl (C=O) groups excluding carboxylic acids is 2. The number of nitrogens with one attached hydrogen (secondary N) is 1. The number of hydrogen-bond acceptors (Lipinski definition) is 5. The minimum atomic E-state index is -0.675. The van der Waals surface area contributed by atoms with E-state index >= 15 is 0 Å². The van der Waals surface area contributed by atoms with Crippen molar-refractivity contribution in [1.82, 2.24) is 5.32 Å². The van der Waals surface area contributed by atoms with E-state index in [0.29, 0.717) is 25.9 Å². The molecule has 0 rings (SSSR count). The van der Waals surface area contributed by atoms with Crippen LogP contribution in [0.2, 0.25) is 0 Å². The van der Waals surface area contributed by atoms with Gasteiger partial charge in [0.15, 0.2) is 0 Å².